The molecule has 0 spiro atoms. The Hall–Kier alpha value is -2.17. The Morgan fingerprint density at radius 3 is 2.33 bits per heavy atom. The van der Waals surface area contributed by atoms with Crippen LogP contribution in [0.15, 0.2) is 36.4 Å². The van der Waals surface area contributed by atoms with E-state index in [1.54, 1.807) is 0 Å². The third-order valence-corrected chi connectivity index (χ3v) is 2.50. The predicted octanol–water partition coefficient (Wildman–Crippen LogP) is 3.30. The molecule has 0 fully saturated rings. The molecule has 94 valence electrons. The molecule has 0 aliphatic rings. The Labute approximate surface area is 102 Å². The maximum Gasteiger partial charge on any atom is 0.131 e. The van der Waals surface area contributed by atoms with E-state index in [1.165, 1.54) is 24.3 Å². The van der Waals surface area contributed by atoms with E-state index < -0.39 is 17.5 Å². The minimum atomic E-state index is -0.655. The van der Waals surface area contributed by atoms with Gasteiger partial charge in [0.05, 0.1) is 11.4 Å². The maximum absolute atomic E-state index is 13.3. The highest BCUT2D eigenvalue weighted by atomic mass is 19.1. The summed E-state index contributed by atoms with van der Waals surface area (Å²) in [5.74, 6) is -1.73. The second-order valence-electron chi connectivity index (χ2n) is 3.82. The van der Waals surface area contributed by atoms with Gasteiger partial charge in [0, 0.05) is 18.2 Å². The molecule has 0 radical (unpaired) electrons. The summed E-state index contributed by atoms with van der Waals surface area (Å²) >= 11 is 0. The standard InChI is InChI=1S/C13H11F3N2/c14-9-2-1-8(11(16)5-9)7-18-13-6-10(15)3-4-12(13)17/h1-6,18H,7,17H2. The number of anilines is 2. The van der Waals surface area contributed by atoms with Gasteiger partial charge >= 0.3 is 0 Å². The number of halogens is 3. The zero-order valence-corrected chi connectivity index (χ0v) is 9.38. The molecule has 0 aliphatic carbocycles. The molecule has 0 aromatic heterocycles. The summed E-state index contributed by atoms with van der Waals surface area (Å²) in [5.41, 5.74) is 6.64. The average Bonchev–Trinajstić information content (AvgIpc) is 2.32. The van der Waals surface area contributed by atoms with Crippen LogP contribution in [0.5, 0.6) is 0 Å². The zero-order valence-electron chi connectivity index (χ0n) is 9.38. The van der Waals surface area contributed by atoms with E-state index in [0.717, 1.165) is 12.1 Å². The first kappa shape index (κ1) is 12.3. The molecule has 0 bridgehead atoms. The Morgan fingerprint density at radius 1 is 0.944 bits per heavy atom. The van der Waals surface area contributed by atoms with Crippen molar-refractivity contribution >= 4 is 11.4 Å². The van der Waals surface area contributed by atoms with Crippen molar-refractivity contribution < 1.29 is 13.2 Å². The fraction of sp³-hybridized carbons (Fsp3) is 0.0769. The van der Waals surface area contributed by atoms with Crippen LogP contribution >= 0.6 is 0 Å². The molecule has 18 heavy (non-hydrogen) atoms. The van der Waals surface area contributed by atoms with Crippen LogP contribution in [0.25, 0.3) is 0 Å². The highest BCUT2D eigenvalue weighted by molar-refractivity contribution is 5.65. The minimum absolute atomic E-state index is 0.0970. The van der Waals surface area contributed by atoms with Crippen LogP contribution in [0.2, 0.25) is 0 Å². The average molecular weight is 252 g/mol. The molecular weight excluding hydrogens is 241 g/mol. The molecule has 0 amide bonds. The van der Waals surface area contributed by atoms with E-state index >= 15 is 0 Å². The Bertz CT molecular complexity index is 570. The molecule has 0 unspecified atom stereocenters. The first-order chi connectivity index (χ1) is 8.56. The first-order valence-electron chi connectivity index (χ1n) is 5.29. The van der Waals surface area contributed by atoms with Crippen molar-refractivity contribution in [2.24, 2.45) is 0 Å². The fourth-order valence-corrected chi connectivity index (χ4v) is 1.54. The third kappa shape index (κ3) is 2.74. The lowest BCUT2D eigenvalue weighted by Crippen LogP contribution is -2.04. The fourth-order valence-electron chi connectivity index (χ4n) is 1.54. The number of hydrogen-bond acceptors (Lipinski definition) is 2. The van der Waals surface area contributed by atoms with Gasteiger partial charge in [-0.2, -0.15) is 0 Å². The van der Waals surface area contributed by atoms with Crippen LogP contribution in [0.3, 0.4) is 0 Å². The molecule has 5 heteroatoms. The van der Waals surface area contributed by atoms with Crippen molar-refractivity contribution in [3.63, 3.8) is 0 Å². The number of nitrogens with one attached hydrogen (secondary N) is 1. The van der Waals surface area contributed by atoms with Gasteiger partial charge in [-0.15, -0.1) is 0 Å². The molecule has 0 saturated carbocycles. The van der Waals surface area contributed by atoms with Gasteiger partial charge in [-0.3, -0.25) is 0 Å². The summed E-state index contributed by atoms with van der Waals surface area (Å²) in [4.78, 5) is 0. The van der Waals surface area contributed by atoms with Crippen LogP contribution in [-0.2, 0) is 6.54 Å². The quantitative estimate of drug-likeness (QED) is 0.822. The lowest BCUT2D eigenvalue weighted by atomic mass is 10.2. The summed E-state index contributed by atoms with van der Waals surface area (Å²) in [5, 5.41) is 2.80. The summed E-state index contributed by atoms with van der Waals surface area (Å²) in [7, 11) is 0. The van der Waals surface area contributed by atoms with Crippen molar-refractivity contribution in [2.45, 2.75) is 6.54 Å². The van der Waals surface area contributed by atoms with Crippen molar-refractivity contribution in [3.8, 4) is 0 Å². The molecule has 0 heterocycles. The SMILES string of the molecule is Nc1ccc(F)cc1NCc1ccc(F)cc1F. The molecule has 0 atom stereocenters. The number of rotatable bonds is 3. The smallest absolute Gasteiger partial charge is 0.131 e. The van der Waals surface area contributed by atoms with Gasteiger partial charge in [-0.05, 0) is 24.3 Å². The summed E-state index contributed by atoms with van der Waals surface area (Å²) in [6, 6.07) is 7.16. The van der Waals surface area contributed by atoms with Crippen molar-refractivity contribution in [2.75, 3.05) is 11.1 Å². The van der Waals surface area contributed by atoms with Gasteiger partial charge in [-0.25, -0.2) is 13.2 Å². The monoisotopic (exact) mass is 252 g/mol. The highest BCUT2D eigenvalue weighted by Gasteiger charge is 2.05. The van der Waals surface area contributed by atoms with Crippen molar-refractivity contribution in [3.05, 3.63) is 59.4 Å². The van der Waals surface area contributed by atoms with E-state index in [9.17, 15) is 13.2 Å². The van der Waals surface area contributed by atoms with E-state index in [0.29, 0.717) is 11.4 Å². The second-order valence-corrected chi connectivity index (χ2v) is 3.82. The zero-order chi connectivity index (χ0) is 13.1. The Morgan fingerprint density at radius 2 is 1.61 bits per heavy atom. The van der Waals surface area contributed by atoms with Gasteiger partial charge in [0.25, 0.3) is 0 Å². The van der Waals surface area contributed by atoms with Gasteiger partial charge in [0.15, 0.2) is 0 Å². The van der Waals surface area contributed by atoms with Crippen LogP contribution in [0, 0.1) is 17.5 Å². The molecule has 2 nitrogen and oxygen atoms in total. The lowest BCUT2D eigenvalue weighted by molar-refractivity contribution is 0.574. The van der Waals surface area contributed by atoms with Crippen LogP contribution in [0.4, 0.5) is 24.5 Å². The van der Waals surface area contributed by atoms with E-state index in [4.69, 9.17) is 5.73 Å². The number of nitrogen functional groups attached to an aromatic ring is 1. The third-order valence-electron chi connectivity index (χ3n) is 2.50. The van der Waals surface area contributed by atoms with Gasteiger partial charge in [0.2, 0.25) is 0 Å². The largest absolute Gasteiger partial charge is 0.397 e. The van der Waals surface area contributed by atoms with Crippen LogP contribution in [-0.4, -0.2) is 0 Å². The molecular formula is C13H11F3N2. The van der Waals surface area contributed by atoms with E-state index in [-0.39, 0.29) is 12.1 Å². The summed E-state index contributed by atoms with van der Waals surface area (Å²) < 4.78 is 39.0. The number of hydrogen-bond donors (Lipinski definition) is 2. The second kappa shape index (κ2) is 5.00. The highest BCUT2D eigenvalue weighted by Crippen LogP contribution is 2.20. The molecule has 2 aromatic carbocycles. The maximum atomic E-state index is 13.3. The normalized spacial score (nSPS) is 10.4. The molecule has 2 rings (SSSR count). The number of nitrogens with two attached hydrogens (primary N) is 1. The molecule has 2 aromatic rings. The predicted molar refractivity (Wildman–Crippen MR) is 64.5 cm³/mol. The van der Waals surface area contributed by atoms with Gasteiger partial charge in [0.1, 0.15) is 17.5 Å². The topological polar surface area (TPSA) is 38.0 Å². The Kier molecular flexibility index (Phi) is 3.41. The van der Waals surface area contributed by atoms with Crippen LogP contribution in [0.1, 0.15) is 5.56 Å². The van der Waals surface area contributed by atoms with E-state index in [2.05, 4.69) is 5.32 Å². The number of benzene rings is 2. The molecule has 0 saturated heterocycles. The van der Waals surface area contributed by atoms with Crippen LogP contribution < -0.4 is 11.1 Å². The summed E-state index contributed by atoms with van der Waals surface area (Å²) in [6.45, 7) is 0.0970. The lowest BCUT2D eigenvalue weighted by Gasteiger charge is -2.10. The summed E-state index contributed by atoms with van der Waals surface area (Å²) in [6.07, 6.45) is 0. The first-order valence-corrected chi connectivity index (χ1v) is 5.29. The molecule has 0 aliphatic heterocycles. The molecule has 3 N–H and O–H groups in total. The van der Waals surface area contributed by atoms with Gasteiger partial charge in [-0.1, -0.05) is 6.07 Å². The van der Waals surface area contributed by atoms with Gasteiger partial charge < -0.3 is 11.1 Å². The Balaban J connectivity index is 2.13. The van der Waals surface area contributed by atoms with Crippen molar-refractivity contribution in [1.82, 2.24) is 0 Å². The minimum Gasteiger partial charge on any atom is -0.397 e. The van der Waals surface area contributed by atoms with Crippen molar-refractivity contribution in [1.29, 1.82) is 0 Å². The van der Waals surface area contributed by atoms with E-state index in [1.807, 2.05) is 0 Å².